The second kappa shape index (κ2) is 11.1. The molecule has 1 amide bonds. The van der Waals surface area contributed by atoms with Crippen LogP contribution < -0.4 is 15.1 Å². The molecule has 33 heavy (non-hydrogen) atoms. The van der Waals surface area contributed by atoms with Crippen LogP contribution in [0.15, 0.2) is 65.8 Å². The van der Waals surface area contributed by atoms with Crippen molar-refractivity contribution < 1.29 is 4.79 Å². The molecule has 4 rings (SSSR count). The third kappa shape index (κ3) is 6.53. The minimum atomic E-state index is -0.0726. The van der Waals surface area contributed by atoms with Crippen molar-refractivity contribution in [2.24, 2.45) is 0 Å². The van der Waals surface area contributed by atoms with Gasteiger partial charge in [0.15, 0.2) is 5.16 Å². The van der Waals surface area contributed by atoms with Crippen LogP contribution in [-0.4, -0.2) is 47.8 Å². The van der Waals surface area contributed by atoms with E-state index in [1.165, 1.54) is 11.8 Å². The van der Waals surface area contributed by atoms with Gasteiger partial charge in [-0.05, 0) is 30.7 Å². The number of halogens is 2. The average Bonchev–Trinajstić information content (AvgIpc) is 2.83. The zero-order valence-electron chi connectivity index (χ0n) is 18.2. The number of carbonyl (C=O) groups is 1. The monoisotopic (exact) mass is 501 g/mol. The summed E-state index contributed by atoms with van der Waals surface area (Å²) >= 11 is 13.7. The predicted molar refractivity (Wildman–Crippen MR) is 137 cm³/mol. The molecule has 3 aromatic rings. The van der Waals surface area contributed by atoms with Gasteiger partial charge in [0.2, 0.25) is 5.91 Å². The smallest absolute Gasteiger partial charge is 0.230 e. The van der Waals surface area contributed by atoms with E-state index in [2.05, 4.69) is 31.2 Å². The van der Waals surface area contributed by atoms with Crippen molar-refractivity contribution in [3.8, 4) is 0 Å². The lowest BCUT2D eigenvalue weighted by atomic mass is 10.1. The zero-order valence-corrected chi connectivity index (χ0v) is 20.6. The van der Waals surface area contributed by atoms with Gasteiger partial charge in [-0.2, -0.15) is 0 Å². The van der Waals surface area contributed by atoms with Crippen molar-refractivity contribution >= 4 is 52.4 Å². The van der Waals surface area contributed by atoms with Crippen molar-refractivity contribution in [1.82, 2.24) is 15.3 Å². The molecule has 0 aliphatic carbocycles. The molecular weight excluding hydrogens is 477 g/mol. The second-order valence-corrected chi connectivity index (χ2v) is 9.54. The van der Waals surface area contributed by atoms with E-state index in [-0.39, 0.29) is 17.7 Å². The van der Waals surface area contributed by atoms with E-state index < -0.39 is 0 Å². The molecule has 1 aliphatic heterocycles. The van der Waals surface area contributed by atoms with Gasteiger partial charge >= 0.3 is 0 Å². The number of nitrogens with zero attached hydrogens (tertiary/aromatic N) is 4. The highest BCUT2D eigenvalue weighted by Crippen LogP contribution is 2.25. The van der Waals surface area contributed by atoms with Crippen molar-refractivity contribution in [2.75, 3.05) is 41.7 Å². The maximum Gasteiger partial charge on any atom is 0.230 e. The predicted octanol–water partition coefficient (Wildman–Crippen LogP) is 5.08. The van der Waals surface area contributed by atoms with Gasteiger partial charge in [0.25, 0.3) is 0 Å². The Balaban J connectivity index is 1.33. The molecule has 1 aliphatic rings. The molecule has 1 atom stereocenters. The fourth-order valence-corrected chi connectivity index (χ4v) is 4.79. The van der Waals surface area contributed by atoms with Crippen LogP contribution in [0.5, 0.6) is 0 Å². The first kappa shape index (κ1) is 23.7. The topological polar surface area (TPSA) is 61.4 Å². The molecule has 1 fully saturated rings. The Morgan fingerprint density at radius 1 is 1.00 bits per heavy atom. The number of carbonyl (C=O) groups excluding carboxylic acids is 1. The number of piperazine rings is 1. The number of aromatic nitrogens is 2. The van der Waals surface area contributed by atoms with E-state index in [9.17, 15) is 4.79 Å². The van der Waals surface area contributed by atoms with Crippen LogP contribution in [0.25, 0.3) is 0 Å². The number of nitrogens with one attached hydrogen (secondary N) is 1. The van der Waals surface area contributed by atoms with Crippen LogP contribution in [0.1, 0.15) is 18.5 Å². The van der Waals surface area contributed by atoms with E-state index in [4.69, 9.17) is 23.2 Å². The maximum atomic E-state index is 12.4. The van der Waals surface area contributed by atoms with E-state index >= 15 is 0 Å². The SMILES string of the molecule is CC(NC(=O)CSc1nc(Cl)cc(N2CCN(c3cccc(Cl)c3)CC2)n1)c1ccccc1. The summed E-state index contributed by atoms with van der Waals surface area (Å²) < 4.78 is 0. The number of benzene rings is 2. The van der Waals surface area contributed by atoms with Gasteiger partial charge in [0.05, 0.1) is 11.8 Å². The summed E-state index contributed by atoms with van der Waals surface area (Å²) in [5.41, 5.74) is 2.18. The molecule has 172 valence electrons. The molecule has 1 unspecified atom stereocenters. The van der Waals surface area contributed by atoms with Crippen LogP contribution in [0.4, 0.5) is 11.5 Å². The standard InChI is InChI=1S/C24H25Cl2N5OS/c1-17(18-6-3-2-4-7-18)27-23(32)16-33-24-28-21(26)15-22(29-24)31-12-10-30(11-13-31)20-9-5-8-19(25)14-20/h2-9,14-15,17H,10-13,16H2,1H3,(H,27,32). The van der Waals surface area contributed by atoms with Crippen LogP contribution in [0.3, 0.4) is 0 Å². The molecule has 9 heteroatoms. The number of rotatable bonds is 7. The quantitative estimate of drug-likeness (QED) is 0.276. The molecular formula is C24H25Cl2N5OS. The Kier molecular flexibility index (Phi) is 7.96. The Morgan fingerprint density at radius 2 is 1.73 bits per heavy atom. The number of hydrogen-bond donors (Lipinski definition) is 1. The Hall–Kier alpha value is -2.48. The van der Waals surface area contributed by atoms with E-state index in [0.29, 0.717) is 10.3 Å². The van der Waals surface area contributed by atoms with Crippen LogP contribution in [0.2, 0.25) is 10.2 Å². The summed E-state index contributed by atoms with van der Waals surface area (Å²) in [6.45, 7) is 5.28. The Morgan fingerprint density at radius 3 is 2.45 bits per heavy atom. The first-order chi connectivity index (χ1) is 16.0. The van der Waals surface area contributed by atoms with E-state index in [1.54, 1.807) is 6.07 Å². The number of thioether (sulfide) groups is 1. The van der Waals surface area contributed by atoms with E-state index in [0.717, 1.165) is 48.3 Å². The third-order valence-electron chi connectivity index (χ3n) is 5.45. The molecule has 1 N–H and O–H groups in total. The average molecular weight is 502 g/mol. The summed E-state index contributed by atoms with van der Waals surface area (Å²) in [4.78, 5) is 25.9. The highest BCUT2D eigenvalue weighted by molar-refractivity contribution is 7.99. The molecule has 0 bridgehead atoms. The lowest BCUT2D eigenvalue weighted by Crippen LogP contribution is -2.46. The third-order valence-corrected chi connectivity index (χ3v) is 6.72. The number of amides is 1. The first-order valence-electron chi connectivity index (χ1n) is 10.7. The zero-order chi connectivity index (χ0) is 23.2. The summed E-state index contributed by atoms with van der Waals surface area (Å²) in [6, 6.07) is 19.5. The molecule has 0 saturated carbocycles. The second-order valence-electron chi connectivity index (χ2n) is 7.77. The molecule has 0 spiro atoms. The minimum Gasteiger partial charge on any atom is -0.368 e. The molecule has 2 heterocycles. The Bertz CT molecular complexity index is 1090. The molecule has 0 radical (unpaired) electrons. The van der Waals surface area contributed by atoms with Gasteiger partial charge in [-0.25, -0.2) is 9.97 Å². The number of hydrogen-bond acceptors (Lipinski definition) is 6. The van der Waals surface area contributed by atoms with Gasteiger partial charge in [-0.1, -0.05) is 71.4 Å². The van der Waals surface area contributed by atoms with Crippen molar-refractivity contribution in [3.05, 3.63) is 76.4 Å². The summed E-state index contributed by atoms with van der Waals surface area (Å²) in [5, 5.41) is 4.62. The van der Waals surface area contributed by atoms with Gasteiger partial charge in [-0.3, -0.25) is 4.79 Å². The lowest BCUT2D eigenvalue weighted by molar-refractivity contribution is -0.119. The fourth-order valence-electron chi connectivity index (χ4n) is 3.72. The van der Waals surface area contributed by atoms with E-state index in [1.807, 2.05) is 55.5 Å². The lowest BCUT2D eigenvalue weighted by Gasteiger charge is -2.36. The summed E-state index contributed by atoms with van der Waals surface area (Å²) in [5.74, 6) is 0.928. The highest BCUT2D eigenvalue weighted by atomic mass is 35.5. The first-order valence-corrected chi connectivity index (χ1v) is 12.5. The normalized spacial score (nSPS) is 14.8. The molecule has 1 saturated heterocycles. The summed E-state index contributed by atoms with van der Waals surface area (Å²) in [7, 11) is 0. The van der Waals surface area contributed by atoms with Crippen molar-refractivity contribution in [1.29, 1.82) is 0 Å². The van der Waals surface area contributed by atoms with Gasteiger partial charge in [0.1, 0.15) is 11.0 Å². The fraction of sp³-hybridized carbons (Fsp3) is 0.292. The van der Waals surface area contributed by atoms with Crippen LogP contribution in [-0.2, 0) is 4.79 Å². The molecule has 6 nitrogen and oxygen atoms in total. The summed E-state index contributed by atoms with van der Waals surface area (Å²) in [6.07, 6.45) is 0. The largest absolute Gasteiger partial charge is 0.368 e. The van der Waals surface area contributed by atoms with Gasteiger partial charge in [0, 0.05) is 43.0 Å². The van der Waals surface area contributed by atoms with Crippen LogP contribution in [0, 0.1) is 0 Å². The molecule has 2 aromatic carbocycles. The minimum absolute atomic E-state index is 0.0640. The highest BCUT2D eigenvalue weighted by Gasteiger charge is 2.20. The molecule has 1 aromatic heterocycles. The van der Waals surface area contributed by atoms with Crippen LogP contribution >= 0.6 is 35.0 Å². The van der Waals surface area contributed by atoms with Gasteiger partial charge < -0.3 is 15.1 Å². The number of anilines is 2. The van der Waals surface area contributed by atoms with Crippen molar-refractivity contribution in [3.63, 3.8) is 0 Å². The van der Waals surface area contributed by atoms with Crippen molar-refractivity contribution in [2.45, 2.75) is 18.1 Å². The maximum absolute atomic E-state index is 12.4. The van der Waals surface area contributed by atoms with Gasteiger partial charge in [-0.15, -0.1) is 0 Å². The Labute approximate surface area is 208 Å².